The van der Waals surface area contributed by atoms with Gasteiger partial charge in [0, 0.05) is 6.20 Å². The highest BCUT2D eigenvalue weighted by Crippen LogP contribution is 2.17. The molecule has 2 heterocycles. The fourth-order valence-corrected chi connectivity index (χ4v) is 1.34. The summed E-state index contributed by atoms with van der Waals surface area (Å²) in [5.74, 6) is 1.28. The number of pyridine rings is 1. The third-order valence-electron chi connectivity index (χ3n) is 2.24. The van der Waals surface area contributed by atoms with Crippen molar-refractivity contribution in [1.29, 1.82) is 0 Å². The number of fused-ring (bicyclic) bond motifs is 1. The highest BCUT2D eigenvalue weighted by atomic mass is 14.9. The first-order chi connectivity index (χ1) is 6.66. The van der Waals surface area contributed by atoms with Crippen molar-refractivity contribution in [2.24, 2.45) is 0 Å². The van der Waals surface area contributed by atoms with Crippen molar-refractivity contribution in [3.05, 3.63) is 29.8 Å². The Kier molecular flexibility index (Phi) is 2.15. The maximum Gasteiger partial charge on any atom is 0.126 e. The van der Waals surface area contributed by atoms with Gasteiger partial charge in [0.2, 0.25) is 0 Å². The van der Waals surface area contributed by atoms with E-state index in [-0.39, 0.29) is 0 Å². The second-order valence-electron chi connectivity index (χ2n) is 3.74. The zero-order valence-electron chi connectivity index (χ0n) is 8.65. The molecule has 0 aromatic carbocycles. The summed E-state index contributed by atoms with van der Waals surface area (Å²) in [5.41, 5.74) is 3.01. The number of aryl methyl sites for hydroxylation is 1. The Morgan fingerprint density at radius 2 is 1.86 bits per heavy atom. The minimum Gasteiger partial charge on any atom is -0.253 e. The molecule has 0 bridgehead atoms. The van der Waals surface area contributed by atoms with Crippen LogP contribution in [-0.4, -0.2) is 15.0 Å². The van der Waals surface area contributed by atoms with Gasteiger partial charge in [0.1, 0.15) is 11.3 Å². The Morgan fingerprint density at radius 1 is 1.07 bits per heavy atom. The third kappa shape index (κ3) is 1.58. The summed E-state index contributed by atoms with van der Waals surface area (Å²) >= 11 is 0. The average molecular weight is 187 g/mol. The lowest BCUT2D eigenvalue weighted by Crippen LogP contribution is -1.94. The van der Waals surface area contributed by atoms with E-state index >= 15 is 0 Å². The Balaban J connectivity index is 2.63. The normalized spacial score (nSPS) is 11.1. The topological polar surface area (TPSA) is 38.7 Å². The summed E-state index contributed by atoms with van der Waals surface area (Å²) in [6, 6.07) is 2.08. The van der Waals surface area contributed by atoms with E-state index in [0.717, 1.165) is 16.9 Å². The fourth-order valence-electron chi connectivity index (χ4n) is 1.34. The van der Waals surface area contributed by atoms with Crippen molar-refractivity contribution >= 4 is 11.0 Å². The average Bonchev–Trinajstić information content (AvgIpc) is 2.16. The molecule has 14 heavy (non-hydrogen) atoms. The molecule has 3 heteroatoms. The quantitative estimate of drug-likeness (QED) is 0.688. The molecule has 0 fully saturated rings. The third-order valence-corrected chi connectivity index (χ3v) is 2.24. The van der Waals surface area contributed by atoms with E-state index in [0.29, 0.717) is 5.92 Å². The number of aromatic nitrogens is 3. The van der Waals surface area contributed by atoms with E-state index in [1.807, 2.05) is 13.1 Å². The maximum atomic E-state index is 4.35. The SMILES string of the molecule is Cc1ncc2ncc(C(C)C)cc2n1. The van der Waals surface area contributed by atoms with Gasteiger partial charge < -0.3 is 0 Å². The summed E-state index contributed by atoms with van der Waals surface area (Å²) < 4.78 is 0. The van der Waals surface area contributed by atoms with Crippen molar-refractivity contribution in [2.75, 3.05) is 0 Å². The van der Waals surface area contributed by atoms with E-state index in [2.05, 4.69) is 34.9 Å². The van der Waals surface area contributed by atoms with Crippen molar-refractivity contribution in [1.82, 2.24) is 15.0 Å². The van der Waals surface area contributed by atoms with Gasteiger partial charge in [-0.3, -0.25) is 4.98 Å². The Morgan fingerprint density at radius 3 is 2.57 bits per heavy atom. The minimum absolute atomic E-state index is 0.488. The van der Waals surface area contributed by atoms with Crippen LogP contribution in [0.5, 0.6) is 0 Å². The van der Waals surface area contributed by atoms with Crippen LogP contribution >= 0.6 is 0 Å². The van der Waals surface area contributed by atoms with E-state index < -0.39 is 0 Å². The predicted molar refractivity (Wildman–Crippen MR) is 56.2 cm³/mol. The Bertz CT molecular complexity index is 463. The smallest absolute Gasteiger partial charge is 0.126 e. The lowest BCUT2D eigenvalue weighted by atomic mass is 10.1. The minimum atomic E-state index is 0.488. The van der Waals surface area contributed by atoms with Crippen LogP contribution in [0.4, 0.5) is 0 Å². The first kappa shape index (κ1) is 9.06. The standard InChI is InChI=1S/C11H13N3/c1-7(2)9-4-10-11(13-5-9)6-12-8(3)14-10/h4-7H,1-3H3. The molecule has 0 N–H and O–H groups in total. The molecule has 2 aromatic heterocycles. The van der Waals surface area contributed by atoms with Gasteiger partial charge in [0.25, 0.3) is 0 Å². The second-order valence-corrected chi connectivity index (χ2v) is 3.74. The molecule has 0 unspecified atom stereocenters. The summed E-state index contributed by atoms with van der Waals surface area (Å²) in [5, 5.41) is 0. The summed E-state index contributed by atoms with van der Waals surface area (Å²) in [7, 11) is 0. The predicted octanol–water partition coefficient (Wildman–Crippen LogP) is 2.46. The molecule has 0 atom stereocenters. The van der Waals surface area contributed by atoms with Gasteiger partial charge in [-0.15, -0.1) is 0 Å². The van der Waals surface area contributed by atoms with E-state index in [9.17, 15) is 0 Å². The van der Waals surface area contributed by atoms with E-state index in [1.54, 1.807) is 6.20 Å². The van der Waals surface area contributed by atoms with E-state index in [1.165, 1.54) is 5.56 Å². The molecule has 3 nitrogen and oxygen atoms in total. The van der Waals surface area contributed by atoms with Gasteiger partial charge in [-0.25, -0.2) is 9.97 Å². The van der Waals surface area contributed by atoms with Crippen molar-refractivity contribution in [3.63, 3.8) is 0 Å². The molecule has 2 rings (SSSR count). The molecule has 0 saturated carbocycles. The number of hydrogen-bond acceptors (Lipinski definition) is 3. The molecule has 0 aliphatic rings. The summed E-state index contributed by atoms with van der Waals surface area (Å²) in [6.07, 6.45) is 3.66. The molecular formula is C11H13N3. The van der Waals surface area contributed by atoms with Gasteiger partial charge in [0.15, 0.2) is 0 Å². The second kappa shape index (κ2) is 3.33. The Hall–Kier alpha value is -1.51. The van der Waals surface area contributed by atoms with Crippen LogP contribution in [0.2, 0.25) is 0 Å². The van der Waals surface area contributed by atoms with Crippen LogP contribution in [0.1, 0.15) is 31.2 Å². The van der Waals surface area contributed by atoms with Crippen LogP contribution < -0.4 is 0 Å². The summed E-state index contributed by atoms with van der Waals surface area (Å²) in [6.45, 7) is 6.19. The summed E-state index contributed by atoms with van der Waals surface area (Å²) in [4.78, 5) is 12.8. The van der Waals surface area contributed by atoms with Gasteiger partial charge >= 0.3 is 0 Å². The van der Waals surface area contributed by atoms with Crippen molar-refractivity contribution in [2.45, 2.75) is 26.7 Å². The van der Waals surface area contributed by atoms with Gasteiger partial charge in [-0.05, 0) is 24.5 Å². The Labute approximate surface area is 83.2 Å². The largest absolute Gasteiger partial charge is 0.253 e. The van der Waals surface area contributed by atoms with Gasteiger partial charge in [-0.1, -0.05) is 13.8 Å². The molecule has 0 spiro atoms. The first-order valence-electron chi connectivity index (χ1n) is 4.76. The maximum absolute atomic E-state index is 4.35. The van der Waals surface area contributed by atoms with Crippen LogP contribution in [-0.2, 0) is 0 Å². The first-order valence-corrected chi connectivity index (χ1v) is 4.76. The van der Waals surface area contributed by atoms with Crippen LogP contribution in [0.3, 0.4) is 0 Å². The lowest BCUT2D eigenvalue weighted by Gasteiger charge is -2.05. The zero-order valence-corrected chi connectivity index (χ0v) is 8.65. The van der Waals surface area contributed by atoms with Crippen molar-refractivity contribution in [3.8, 4) is 0 Å². The fraction of sp³-hybridized carbons (Fsp3) is 0.364. The van der Waals surface area contributed by atoms with Crippen molar-refractivity contribution < 1.29 is 0 Å². The molecule has 0 radical (unpaired) electrons. The molecule has 0 aliphatic heterocycles. The van der Waals surface area contributed by atoms with Gasteiger partial charge in [0.05, 0.1) is 11.7 Å². The molecular weight excluding hydrogens is 174 g/mol. The van der Waals surface area contributed by atoms with Gasteiger partial charge in [-0.2, -0.15) is 0 Å². The highest BCUT2D eigenvalue weighted by molar-refractivity contribution is 5.73. The highest BCUT2D eigenvalue weighted by Gasteiger charge is 2.03. The number of rotatable bonds is 1. The molecule has 0 aliphatic carbocycles. The zero-order chi connectivity index (χ0) is 10.1. The van der Waals surface area contributed by atoms with Crippen LogP contribution in [0.25, 0.3) is 11.0 Å². The molecule has 2 aromatic rings. The van der Waals surface area contributed by atoms with E-state index in [4.69, 9.17) is 0 Å². The monoisotopic (exact) mass is 187 g/mol. The molecule has 0 saturated heterocycles. The molecule has 72 valence electrons. The van der Waals surface area contributed by atoms with Crippen LogP contribution in [0.15, 0.2) is 18.5 Å². The lowest BCUT2D eigenvalue weighted by molar-refractivity contribution is 0.860. The number of hydrogen-bond donors (Lipinski definition) is 0. The molecule has 0 amide bonds. The number of nitrogens with zero attached hydrogens (tertiary/aromatic N) is 3. The van der Waals surface area contributed by atoms with Crippen LogP contribution in [0, 0.1) is 6.92 Å².